The van der Waals surface area contributed by atoms with E-state index >= 15 is 0 Å². The number of hydrogen-bond donors (Lipinski definition) is 15. The van der Waals surface area contributed by atoms with Crippen molar-refractivity contribution in [1.82, 2.24) is 97.6 Å². The van der Waals surface area contributed by atoms with Gasteiger partial charge in [-0.25, -0.2) is 24.9 Å². The maximum atomic E-state index is 12.1. The third-order valence-electron chi connectivity index (χ3n) is 17.4. The largest absolute Gasteiger partial charge is 0.385 e. The Bertz CT molecular complexity index is 5520. The zero-order valence-electron chi connectivity index (χ0n) is 75.8. The standard InChI is InChI=1S/2C15H26N5O7P.C14H24N5O7P.2C13H22N5O7P/c2*1-3-25-8-11(26-10-28(22,23)27-6-4-5-24-2)7-20-9-17-12-13(20)18-15(16)19-14(12)21;1-23-4-3-5-26-27(21,22)9-25-10(7-24-2)6-19-8-16-11-12(19)17-14(15)18-13(11)20;2*1-22-3-4-25-26(20,21)8-24-9(6-23-2)5-18-7-15-10-11(18)16-13(14)17-12(10)19/h2*9,11H,3-8,10H2,1-2H3,(H,22,23)(H3,16,18,19,21);8,10H,3-7,9H2,1-2H3,(H,21,22)(H3,15,17,18,20);2*7,9H,3-6,8H2,1-2H3,(H,20,21)(H3,14,16,17,19)/t11-;;10-;2*9-/m0.010/s1. The highest BCUT2D eigenvalue weighted by molar-refractivity contribution is 7.53. The normalized spacial score (nSPS) is 15.1. The molecule has 0 radical (unpaired) electrons. The number of nitrogen functional groups attached to an aromatic ring is 5. The van der Waals surface area contributed by atoms with Crippen LogP contribution in [0.15, 0.2) is 55.6 Å². The molecule has 0 aliphatic rings. The Labute approximate surface area is 768 Å². The van der Waals surface area contributed by atoms with Crippen LogP contribution >= 0.6 is 38.0 Å². The van der Waals surface area contributed by atoms with Gasteiger partial charge in [-0.15, -0.1) is 0 Å². The van der Waals surface area contributed by atoms with Gasteiger partial charge in [0.25, 0.3) is 27.8 Å². The average Bonchev–Trinajstić information content (AvgIpc) is 1.69. The van der Waals surface area contributed by atoms with Gasteiger partial charge in [-0.05, 0) is 33.1 Å². The van der Waals surface area contributed by atoms with Crippen LogP contribution in [0.4, 0.5) is 29.7 Å². The number of imidazole rings is 5. The molecule has 0 saturated carbocycles. The van der Waals surface area contributed by atoms with Crippen molar-refractivity contribution in [2.24, 2.45) is 0 Å². The summed E-state index contributed by atoms with van der Waals surface area (Å²) in [5, 5.41) is 0. The van der Waals surface area contributed by atoms with Gasteiger partial charge in [-0.2, -0.15) is 24.9 Å². The van der Waals surface area contributed by atoms with Crippen molar-refractivity contribution in [1.29, 1.82) is 0 Å². The van der Waals surface area contributed by atoms with Gasteiger partial charge < -0.3 is 170 Å². The van der Waals surface area contributed by atoms with Gasteiger partial charge in [-0.3, -0.25) is 71.7 Å². The predicted octanol–water partition coefficient (Wildman–Crippen LogP) is -0.353. The maximum absolute atomic E-state index is 12.1. The maximum Gasteiger partial charge on any atom is 0.353 e. The molecule has 10 aromatic heterocycles. The Balaban J connectivity index is 0.000000259. The van der Waals surface area contributed by atoms with Crippen molar-refractivity contribution in [3.8, 4) is 0 Å². The van der Waals surface area contributed by atoms with E-state index in [-0.39, 0.29) is 198 Å². The topological polar surface area (TPSA) is 819 Å². The Morgan fingerprint density at radius 3 is 0.674 bits per heavy atom. The smallest absolute Gasteiger partial charge is 0.353 e. The minimum Gasteiger partial charge on any atom is -0.385 e. The lowest BCUT2D eigenvalue weighted by molar-refractivity contribution is -0.00978. The predicted molar refractivity (Wildman–Crippen MR) is 482 cm³/mol. The first-order valence-electron chi connectivity index (χ1n) is 40.8. The van der Waals surface area contributed by atoms with Crippen LogP contribution in [0.3, 0.4) is 0 Å². The molecule has 0 bridgehead atoms. The van der Waals surface area contributed by atoms with Crippen molar-refractivity contribution < 1.29 is 141 Å². The van der Waals surface area contributed by atoms with Crippen LogP contribution in [0.2, 0.25) is 0 Å². The van der Waals surface area contributed by atoms with E-state index in [1.54, 1.807) is 22.8 Å². The van der Waals surface area contributed by atoms with E-state index in [0.717, 1.165) is 0 Å². The molecule has 6 unspecified atom stereocenters. The second-order valence-electron chi connectivity index (χ2n) is 28.3. The van der Waals surface area contributed by atoms with Crippen LogP contribution in [0.5, 0.6) is 0 Å². The van der Waals surface area contributed by atoms with Crippen LogP contribution in [0.1, 0.15) is 33.1 Å². The first-order chi connectivity index (χ1) is 64.3. The monoisotopic (exact) mass is 2030 g/mol. The number of nitrogens with one attached hydrogen (secondary N) is 5. The van der Waals surface area contributed by atoms with Crippen LogP contribution in [0.25, 0.3) is 55.8 Å². The highest BCUT2D eigenvalue weighted by Gasteiger charge is 2.30. The molecule has 0 aliphatic heterocycles. The molecule has 10 aromatic rings. The summed E-state index contributed by atoms with van der Waals surface area (Å²) in [6.07, 6.45) is 3.02. The molecule has 0 amide bonds. The van der Waals surface area contributed by atoms with Crippen molar-refractivity contribution in [2.75, 3.05) is 230 Å². The molecule has 0 spiro atoms. The van der Waals surface area contributed by atoms with Gasteiger partial charge in [0, 0.05) is 89.9 Å². The zero-order chi connectivity index (χ0) is 99.3. The molecule has 0 aliphatic carbocycles. The number of aromatic nitrogens is 20. The van der Waals surface area contributed by atoms with Gasteiger partial charge >= 0.3 is 38.0 Å². The SMILES string of the molecule is CCOCC(Cn1cnc2c(=O)[nH]c(N)nc21)OCP(=O)(O)OCCCOC.CCOC[C@H](Cn1cnc2c(=O)[nH]c(N)nc21)OCP(=O)(O)OCCCOC.COCCCOP(=O)(O)CO[C@H](COC)Cn1cnc2c(=O)[nH]c(N)nc21.COCCOP(=O)(O)CO[C@@H](COC)Cn1cnc2c(=O)[nH]c(N)nc21.COCCOP(=O)(O)CO[C@H](COC)Cn1cnc2c(=O)[nH]c(N)nc21. The number of methoxy groups -OCH3 is 8. The van der Waals surface area contributed by atoms with E-state index in [1.165, 1.54) is 88.5 Å². The fraction of sp³-hybridized carbons (Fsp3) is 0.643. The molecule has 0 saturated heterocycles. The fourth-order valence-electron chi connectivity index (χ4n) is 11.4. The molecular formula is C70H120N25O35P5. The summed E-state index contributed by atoms with van der Waals surface area (Å²) in [4.78, 5) is 160. The molecule has 0 aromatic carbocycles. The number of anilines is 5. The van der Waals surface area contributed by atoms with E-state index in [9.17, 15) is 71.3 Å². The van der Waals surface area contributed by atoms with Crippen molar-refractivity contribution >= 4 is 124 Å². The van der Waals surface area contributed by atoms with E-state index in [1.807, 2.05) is 13.8 Å². The summed E-state index contributed by atoms with van der Waals surface area (Å²) in [7, 11) is -7.67. The quantitative estimate of drug-likeness (QED) is 0.0171. The van der Waals surface area contributed by atoms with Crippen molar-refractivity contribution in [3.63, 3.8) is 0 Å². The molecule has 20 N–H and O–H groups in total. The summed E-state index contributed by atoms with van der Waals surface area (Å²) in [5.41, 5.74) is 27.7. The van der Waals surface area contributed by atoms with Crippen LogP contribution in [0, 0.1) is 0 Å². The number of aromatic amines is 5. The van der Waals surface area contributed by atoms with E-state index in [4.69, 9.17) is 122 Å². The fourth-order valence-corrected chi connectivity index (χ4v) is 15.7. The third-order valence-corrected chi connectivity index (χ3v) is 22.7. The second kappa shape index (κ2) is 58.6. The number of hydrogen-bond acceptors (Lipinski definition) is 45. The Hall–Kier alpha value is -9.10. The van der Waals surface area contributed by atoms with Crippen LogP contribution < -0.4 is 56.5 Å². The number of ether oxygens (including phenoxy) is 15. The van der Waals surface area contributed by atoms with Crippen molar-refractivity contribution in [2.45, 2.75) is 96.4 Å². The van der Waals surface area contributed by atoms with E-state index in [2.05, 4.69) is 74.8 Å². The molecule has 60 nitrogen and oxygen atoms in total. The minimum atomic E-state index is -3.93. The summed E-state index contributed by atoms with van der Waals surface area (Å²) in [6, 6.07) is 0. The lowest BCUT2D eigenvalue weighted by Gasteiger charge is -2.20. The zero-order valence-corrected chi connectivity index (χ0v) is 80.3. The van der Waals surface area contributed by atoms with Gasteiger partial charge in [0.15, 0.2) is 55.8 Å². The third kappa shape index (κ3) is 40.5. The molecule has 0 fully saturated rings. The summed E-state index contributed by atoms with van der Waals surface area (Å²) in [5.74, 6) is -0.195. The van der Waals surface area contributed by atoms with Gasteiger partial charge in [0.05, 0.1) is 174 Å². The minimum absolute atomic E-state index is 0.0271. The number of H-pyrrole nitrogens is 5. The first-order valence-corrected chi connectivity index (χ1v) is 49.6. The van der Waals surface area contributed by atoms with Crippen LogP contribution in [-0.2, 0) is 149 Å². The Morgan fingerprint density at radius 2 is 0.489 bits per heavy atom. The second-order valence-corrected chi connectivity index (χ2v) is 37.2. The molecule has 10 rings (SSSR count). The Morgan fingerprint density at radius 1 is 0.296 bits per heavy atom. The lowest BCUT2D eigenvalue weighted by atomic mass is 10.3. The molecule has 135 heavy (non-hydrogen) atoms. The van der Waals surface area contributed by atoms with Gasteiger partial charge in [0.2, 0.25) is 29.7 Å². The number of nitrogens with two attached hydrogens (primary N) is 5. The summed E-state index contributed by atoms with van der Waals surface area (Å²) >= 11 is 0. The van der Waals surface area contributed by atoms with Gasteiger partial charge in [-0.1, -0.05) is 0 Å². The lowest BCUT2D eigenvalue weighted by Crippen LogP contribution is -2.26. The summed E-state index contributed by atoms with van der Waals surface area (Å²) < 4.78 is 170. The number of nitrogens with zero attached hydrogens (tertiary/aromatic N) is 15. The molecular weight excluding hydrogens is 1910 g/mol. The Kier molecular flexibility index (Phi) is 49.7. The van der Waals surface area contributed by atoms with Crippen LogP contribution in [-0.4, -0.2) is 354 Å². The van der Waals surface area contributed by atoms with Crippen molar-refractivity contribution in [3.05, 3.63) is 83.4 Å². The van der Waals surface area contributed by atoms with E-state index < -0.39 is 128 Å². The summed E-state index contributed by atoms with van der Waals surface area (Å²) in [6.45, 7) is 8.05. The van der Waals surface area contributed by atoms with Gasteiger partial charge in [0.1, 0.15) is 31.7 Å². The number of fused-ring (bicyclic) bond motifs is 5. The van der Waals surface area contributed by atoms with E-state index in [0.29, 0.717) is 52.3 Å². The highest BCUT2D eigenvalue weighted by atomic mass is 31.2. The average molecular weight is 2030 g/mol. The molecule has 65 heteroatoms. The molecule has 10 heterocycles. The molecule has 10 atom stereocenters. The highest BCUT2D eigenvalue weighted by Crippen LogP contribution is 2.46. The number of rotatable bonds is 60. The first kappa shape index (κ1) is 115. The molecule has 760 valence electrons.